The van der Waals surface area contributed by atoms with Crippen molar-refractivity contribution in [3.8, 4) is 6.07 Å². The fourth-order valence-corrected chi connectivity index (χ4v) is 4.16. The van der Waals surface area contributed by atoms with Crippen LogP contribution in [0.2, 0.25) is 0 Å². The number of hydrogen-bond acceptors (Lipinski definition) is 4. The first-order valence-electron chi connectivity index (χ1n) is 7.96. The Morgan fingerprint density at radius 3 is 2.62 bits per heavy atom. The summed E-state index contributed by atoms with van der Waals surface area (Å²) in [5.74, 6) is -2.53. The van der Waals surface area contributed by atoms with Crippen molar-refractivity contribution in [2.24, 2.45) is 5.41 Å². The number of anilines is 1. The van der Waals surface area contributed by atoms with Gasteiger partial charge in [-0.1, -0.05) is 0 Å². The lowest BCUT2D eigenvalue weighted by Gasteiger charge is -2.52. The third-order valence-corrected chi connectivity index (χ3v) is 5.31. The second-order valence-electron chi connectivity index (χ2n) is 6.91. The summed E-state index contributed by atoms with van der Waals surface area (Å²) in [4.78, 5) is 20.8. The number of aromatic nitrogens is 2. The van der Waals surface area contributed by atoms with Gasteiger partial charge in [0.15, 0.2) is 0 Å². The fourth-order valence-electron chi connectivity index (χ4n) is 4.16. The fraction of sp³-hybridized carbons (Fsp3) is 0.471. The number of fused-ring (bicyclic) bond motifs is 1. The molecule has 1 aliphatic heterocycles. The normalized spacial score (nSPS) is 21.5. The Morgan fingerprint density at radius 1 is 1.29 bits per heavy atom. The maximum atomic E-state index is 13.3. The Hall–Kier alpha value is -2.49. The van der Waals surface area contributed by atoms with Gasteiger partial charge in [0.1, 0.15) is 11.6 Å². The number of halogens is 2. The van der Waals surface area contributed by atoms with Crippen molar-refractivity contribution in [1.29, 1.82) is 5.26 Å². The summed E-state index contributed by atoms with van der Waals surface area (Å²) in [5, 5.41) is 10.2. The average molecular weight is 330 g/mol. The highest BCUT2D eigenvalue weighted by Crippen LogP contribution is 2.57. The number of nitrogens with zero attached hydrogens (tertiary/aromatic N) is 3. The molecular formula is C17H16F2N4O. The number of H-pyrrole nitrogens is 1. The molecule has 5 nitrogen and oxygen atoms in total. The van der Waals surface area contributed by atoms with Crippen molar-refractivity contribution in [3.63, 3.8) is 0 Å². The van der Waals surface area contributed by atoms with Crippen LogP contribution in [0, 0.1) is 16.7 Å². The van der Waals surface area contributed by atoms with E-state index in [4.69, 9.17) is 0 Å². The first-order valence-corrected chi connectivity index (χ1v) is 7.96. The molecule has 3 heterocycles. The highest BCUT2D eigenvalue weighted by atomic mass is 19.3. The summed E-state index contributed by atoms with van der Waals surface area (Å²) in [6, 6.07) is 3.76. The molecule has 7 heteroatoms. The average Bonchev–Trinajstić information content (AvgIpc) is 2.52. The number of nitrogens with one attached hydrogen (secondary N) is 1. The Kier molecular flexibility index (Phi) is 3.14. The first-order chi connectivity index (χ1) is 11.4. The molecule has 4 rings (SSSR count). The van der Waals surface area contributed by atoms with Crippen molar-refractivity contribution in [1.82, 2.24) is 9.97 Å². The van der Waals surface area contributed by atoms with Gasteiger partial charge in [-0.15, -0.1) is 0 Å². The molecule has 1 saturated carbocycles. The number of nitriles is 1. The predicted octanol–water partition coefficient (Wildman–Crippen LogP) is 2.81. The van der Waals surface area contributed by atoms with Crippen LogP contribution in [0.15, 0.2) is 23.3 Å². The molecule has 0 radical (unpaired) electrons. The van der Waals surface area contributed by atoms with E-state index in [1.54, 1.807) is 18.5 Å². The molecule has 1 aliphatic carbocycles. The van der Waals surface area contributed by atoms with Crippen LogP contribution in [0.25, 0.3) is 10.9 Å². The minimum absolute atomic E-state index is 0.0427. The highest BCUT2D eigenvalue weighted by molar-refractivity contribution is 5.93. The molecule has 24 heavy (non-hydrogen) atoms. The molecular weight excluding hydrogens is 314 g/mol. The third-order valence-electron chi connectivity index (χ3n) is 5.31. The van der Waals surface area contributed by atoms with Crippen LogP contribution in [0.5, 0.6) is 0 Å². The van der Waals surface area contributed by atoms with Crippen LogP contribution >= 0.6 is 0 Å². The minimum atomic E-state index is -2.53. The van der Waals surface area contributed by atoms with Gasteiger partial charge < -0.3 is 9.88 Å². The van der Waals surface area contributed by atoms with E-state index in [0.717, 1.165) is 5.39 Å². The monoisotopic (exact) mass is 330 g/mol. The number of hydrogen-bond donors (Lipinski definition) is 1. The zero-order chi connectivity index (χ0) is 16.9. The Labute approximate surface area is 136 Å². The zero-order valence-corrected chi connectivity index (χ0v) is 13.0. The quantitative estimate of drug-likeness (QED) is 0.873. The van der Waals surface area contributed by atoms with Crippen LogP contribution in [-0.2, 0) is 0 Å². The molecule has 124 valence electrons. The first kappa shape index (κ1) is 15.1. The molecule has 2 fully saturated rings. The molecule has 1 saturated heterocycles. The Morgan fingerprint density at radius 2 is 2.00 bits per heavy atom. The van der Waals surface area contributed by atoms with Crippen LogP contribution in [0.1, 0.15) is 31.2 Å². The number of rotatable bonds is 1. The van der Waals surface area contributed by atoms with Gasteiger partial charge in [0.2, 0.25) is 5.92 Å². The summed E-state index contributed by atoms with van der Waals surface area (Å²) in [7, 11) is 0. The van der Waals surface area contributed by atoms with E-state index in [0.29, 0.717) is 37.1 Å². The van der Waals surface area contributed by atoms with E-state index < -0.39 is 11.5 Å². The second-order valence-corrected chi connectivity index (χ2v) is 6.91. The van der Waals surface area contributed by atoms with E-state index in [1.807, 2.05) is 11.0 Å². The summed E-state index contributed by atoms with van der Waals surface area (Å²) in [6.45, 7) is 1.15. The number of aromatic amines is 1. The van der Waals surface area contributed by atoms with E-state index in [1.165, 1.54) is 0 Å². The lowest BCUT2D eigenvalue weighted by atomic mass is 9.61. The molecule has 2 aliphatic rings. The van der Waals surface area contributed by atoms with E-state index in [2.05, 4.69) is 9.97 Å². The highest BCUT2D eigenvalue weighted by Gasteiger charge is 2.56. The molecule has 0 unspecified atom stereocenters. The molecule has 0 aromatic carbocycles. The number of pyridine rings is 2. The van der Waals surface area contributed by atoms with Crippen LogP contribution in [-0.4, -0.2) is 29.0 Å². The molecule has 2 aromatic rings. The summed E-state index contributed by atoms with van der Waals surface area (Å²) >= 11 is 0. The van der Waals surface area contributed by atoms with Crippen LogP contribution in [0.3, 0.4) is 0 Å². The summed E-state index contributed by atoms with van der Waals surface area (Å²) in [6.07, 6.45) is 4.40. The van der Waals surface area contributed by atoms with Gasteiger partial charge in [-0.2, -0.15) is 5.26 Å². The summed E-state index contributed by atoms with van der Waals surface area (Å²) < 4.78 is 26.5. The molecule has 0 amide bonds. The molecule has 0 atom stereocenters. The van der Waals surface area contributed by atoms with Gasteiger partial charge in [0.25, 0.3) is 5.56 Å². The van der Waals surface area contributed by atoms with Gasteiger partial charge in [-0.3, -0.25) is 9.78 Å². The Bertz CT molecular complexity index is 897. The summed E-state index contributed by atoms with van der Waals surface area (Å²) in [5.41, 5.74) is 0.532. The van der Waals surface area contributed by atoms with Crippen molar-refractivity contribution in [2.45, 2.75) is 31.6 Å². The lowest BCUT2D eigenvalue weighted by Crippen LogP contribution is -2.52. The van der Waals surface area contributed by atoms with E-state index in [-0.39, 0.29) is 23.8 Å². The maximum Gasteiger partial charge on any atom is 0.268 e. The second kappa shape index (κ2) is 5.00. The van der Waals surface area contributed by atoms with Gasteiger partial charge in [0, 0.05) is 37.5 Å². The predicted molar refractivity (Wildman–Crippen MR) is 85.1 cm³/mol. The lowest BCUT2D eigenvalue weighted by molar-refractivity contribution is -0.168. The molecule has 2 aromatic heterocycles. The van der Waals surface area contributed by atoms with Gasteiger partial charge in [-0.05, 0) is 24.3 Å². The molecule has 1 spiro atoms. The van der Waals surface area contributed by atoms with Crippen molar-refractivity contribution < 1.29 is 8.78 Å². The Balaban J connectivity index is 1.70. The number of alkyl halides is 2. The van der Waals surface area contributed by atoms with Crippen molar-refractivity contribution >= 4 is 16.6 Å². The zero-order valence-electron chi connectivity index (χ0n) is 13.0. The molecule has 0 bridgehead atoms. The topological polar surface area (TPSA) is 72.8 Å². The largest absolute Gasteiger partial charge is 0.370 e. The van der Waals surface area contributed by atoms with E-state index in [9.17, 15) is 18.8 Å². The SMILES string of the molecule is N#Cc1c(N2CCC3(CC2)CC(F)(F)C3)c2ccncc2[nH]c1=O. The third kappa shape index (κ3) is 2.25. The van der Waals surface area contributed by atoms with Crippen LogP contribution in [0.4, 0.5) is 14.5 Å². The van der Waals surface area contributed by atoms with Crippen molar-refractivity contribution in [2.75, 3.05) is 18.0 Å². The standard InChI is InChI=1S/C17H16F2N4O/c18-17(19)9-16(10-17)2-5-23(6-3-16)14-11-1-4-21-8-13(11)22-15(24)12(14)7-20/h1,4,8H,2-3,5-6,9-10H2,(H,22,24). The van der Waals surface area contributed by atoms with Gasteiger partial charge >= 0.3 is 0 Å². The van der Waals surface area contributed by atoms with Crippen LogP contribution < -0.4 is 10.5 Å². The van der Waals surface area contributed by atoms with Gasteiger partial charge in [0.05, 0.1) is 17.4 Å². The van der Waals surface area contributed by atoms with E-state index >= 15 is 0 Å². The smallest absolute Gasteiger partial charge is 0.268 e. The van der Waals surface area contributed by atoms with Crippen molar-refractivity contribution in [3.05, 3.63) is 34.4 Å². The maximum absolute atomic E-state index is 13.3. The number of piperidine rings is 1. The minimum Gasteiger partial charge on any atom is -0.370 e. The molecule has 1 N–H and O–H groups in total. The van der Waals surface area contributed by atoms with Gasteiger partial charge in [-0.25, -0.2) is 8.78 Å².